The molecule has 2 aliphatic rings. The number of nitrogens with zero attached hydrogens (tertiary/aromatic N) is 1. The van der Waals surface area contributed by atoms with Crippen molar-refractivity contribution in [2.45, 2.75) is 25.9 Å². The monoisotopic (exact) mass is 380 g/mol. The molecule has 2 amide bonds. The SMILES string of the molecule is O=C(NCCc1ccc2c(c1)CCO2)N1CCC(COCc2ccccc2)C1. The molecular formula is C23H28N2O3. The van der Waals surface area contributed by atoms with E-state index in [1.165, 1.54) is 16.7 Å². The molecule has 2 heterocycles. The van der Waals surface area contributed by atoms with Crippen LogP contribution in [0, 0.1) is 5.92 Å². The molecule has 4 rings (SSSR count). The first kappa shape index (κ1) is 18.8. The van der Waals surface area contributed by atoms with Crippen molar-refractivity contribution < 1.29 is 14.3 Å². The standard InChI is InChI=1S/C23H28N2O3/c26-23(24-11-8-18-6-7-22-21(14-18)10-13-28-22)25-12-9-20(15-25)17-27-16-19-4-2-1-3-5-19/h1-7,14,20H,8-13,15-17H2,(H,24,26). The average molecular weight is 380 g/mol. The van der Waals surface area contributed by atoms with Crippen LogP contribution in [-0.2, 0) is 24.2 Å². The number of ether oxygens (including phenoxy) is 2. The van der Waals surface area contributed by atoms with E-state index in [-0.39, 0.29) is 6.03 Å². The summed E-state index contributed by atoms with van der Waals surface area (Å²) in [5, 5.41) is 3.06. The van der Waals surface area contributed by atoms with E-state index in [9.17, 15) is 4.79 Å². The fraction of sp³-hybridized carbons (Fsp3) is 0.435. The number of carbonyl (C=O) groups excluding carboxylic acids is 1. The highest BCUT2D eigenvalue weighted by Crippen LogP contribution is 2.26. The molecular weight excluding hydrogens is 352 g/mol. The van der Waals surface area contributed by atoms with Crippen LogP contribution in [0.5, 0.6) is 5.75 Å². The van der Waals surface area contributed by atoms with Crippen molar-refractivity contribution in [2.24, 2.45) is 5.92 Å². The van der Waals surface area contributed by atoms with Crippen molar-refractivity contribution >= 4 is 6.03 Å². The van der Waals surface area contributed by atoms with Crippen LogP contribution in [0.15, 0.2) is 48.5 Å². The summed E-state index contributed by atoms with van der Waals surface area (Å²) in [4.78, 5) is 14.3. The van der Waals surface area contributed by atoms with Crippen molar-refractivity contribution in [1.82, 2.24) is 10.2 Å². The van der Waals surface area contributed by atoms with Crippen LogP contribution in [0.2, 0.25) is 0 Å². The minimum atomic E-state index is 0.0371. The Hall–Kier alpha value is -2.53. The number of likely N-dealkylation sites (tertiary alicyclic amines) is 1. The predicted octanol–water partition coefficient (Wildman–Crippen LogP) is 3.41. The van der Waals surface area contributed by atoms with Gasteiger partial charge in [0, 0.05) is 32.0 Å². The lowest BCUT2D eigenvalue weighted by molar-refractivity contribution is 0.0897. The molecule has 1 fully saturated rings. The number of urea groups is 1. The summed E-state index contributed by atoms with van der Waals surface area (Å²) < 4.78 is 11.4. The van der Waals surface area contributed by atoms with E-state index in [4.69, 9.17) is 9.47 Å². The largest absolute Gasteiger partial charge is 0.493 e. The number of hydrogen-bond donors (Lipinski definition) is 1. The molecule has 1 saturated heterocycles. The molecule has 2 aliphatic heterocycles. The minimum absolute atomic E-state index is 0.0371. The van der Waals surface area contributed by atoms with Crippen molar-refractivity contribution in [2.75, 3.05) is 32.8 Å². The molecule has 0 saturated carbocycles. The van der Waals surface area contributed by atoms with Crippen LogP contribution >= 0.6 is 0 Å². The molecule has 5 heteroatoms. The van der Waals surface area contributed by atoms with Crippen LogP contribution < -0.4 is 10.1 Å². The lowest BCUT2D eigenvalue weighted by Gasteiger charge is -2.17. The predicted molar refractivity (Wildman–Crippen MR) is 109 cm³/mol. The molecule has 0 aromatic heterocycles. The minimum Gasteiger partial charge on any atom is -0.493 e. The maximum Gasteiger partial charge on any atom is 0.317 e. The quantitative estimate of drug-likeness (QED) is 0.801. The van der Waals surface area contributed by atoms with Crippen LogP contribution in [0.1, 0.15) is 23.1 Å². The van der Waals surface area contributed by atoms with Crippen LogP contribution in [0.4, 0.5) is 4.79 Å². The summed E-state index contributed by atoms with van der Waals surface area (Å²) in [5.41, 5.74) is 3.72. The molecule has 1 unspecified atom stereocenters. The molecule has 1 atom stereocenters. The zero-order valence-corrected chi connectivity index (χ0v) is 16.2. The Morgan fingerprint density at radius 2 is 2.07 bits per heavy atom. The highest BCUT2D eigenvalue weighted by atomic mass is 16.5. The lowest BCUT2D eigenvalue weighted by Crippen LogP contribution is -2.39. The van der Waals surface area contributed by atoms with E-state index in [1.807, 2.05) is 29.2 Å². The summed E-state index contributed by atoms with van der Waals surface area (Å²) in [6.07, 6.45) is 2.83. The second-order valence-electron chi connectivity index (χ2n) is 7.62. The van der Waals surface area contributed by atoms with Gasteiger partial charge in [0.1, 0.15) is 5.75 Å². The van der Waals surface area contributed by atoms with Gasteiger partial charge in [-0.25, -0.2) is 4.79 Å². The average Bonchev–Trinajstić information content (AvgIpc) is 3.38. The van der Waals surface area contributed by atoms with Gasteiger partial charge in [0.25, 0.3) is 0 Å². The summed E-state index contributed by atoms with van der Waals surface area (Å²) in [7, 11) is 0. The Labute approximate surface area is 166 Å². The Kier molecular flexibility index (Phi) is 6.12. The molecule has 2 aromatic rings. The van der Waals surface area contributed by atoms with Crippen LogP contribution in [0.3, 0.4) is 0 Å². The molecule has 28 heavy (non-hydrogen) atoms. The molecule has 0 spiro atoms. The van der Waals surface area contributed by atoms with Crippen LogP contribution in [0.25, 0.3) is 0 Å². The van der Waals surface area contributed by atoms with E-state index in [0.717, 1.165) is 44.7 Å². The van der Waals surface area contributed by atoms with Gasteiger partial charge in [-0.3, -0.25) is 0 Å². The molecule has 0 aliphatic carbocycles. The Morgan fingerprint density at radius 3 is 2.96 bits per heavy atom. The van der Waals surface area contributed by atoms with Gasteiger partial charge in [-0.2, -0.15) is 0 Å². The fourth-order valence-electron chi connectivity index (χ4n) is 3.89. The third kappa shape index (κ3) is 4.84. The number of carbonyl (C=O) groups is 1. The van der Waals surface area contributed by atoms with E-state index >= 15 is 0 Å². The van der Waals surface area contributed by atoms with Crippen molar-refractivity contribution in [3.63, 3.8) is 0 Å². The molecule has 0 bridgehead atoms. The lowest BCUT2D eigenvalue weighted by atomic mass is 10.1. The first-order valence-corrected chi connectivity index (χ1v) is 10.2. The third-order valence-electron chi connectivity index (χ3n) is 5.48. The highest BCUT2D eigenvalue weighted by molar-refractivity contribution is 5.74. The van der Waals surface area contributed by atoms with Gasteiger partial charge < -0.3 is 19.7 Å². The van der Waals surface area contributed by atoms with Gasteiger partial charge in [-0.05, 0) is 35.6 Å². The zero-order chi connectivity index (χ0) is 19.2. The fourth-order valence-corrected chi connectivity index (χ4v) is 3.89. The molecule has 0 radical (unpaired) electrons. The normalized spacial score (nSPS) is 18.0. The van der Waals surface area contributed by atoms with Crippen molar-refractivity contribution in [3.05, 3.63) is 65.2 Å². The Morgan fingerprint density at radius 1 is 1.18 bits per heavy atom. The van der Waals surface area contributed by atoms with E-state index in [2.05, 4.69) is 29.6 Å². The number of hydrogen-bond acceptors (Lipinski definition) is 3. The molecule has 148 valence electrons. The number of benzene rings is 2. The second kappa shape index (κ2) is 9.11. The summed E-state index contributed by atoms with van der Waals surface area (Å²) in [5.74, 6) is 1.43. The van der Waals surface area contributed by atoms with Crippen molar-refractivity contribution in [1.29, 1.82) is 0 Å². The Bertz CT molecular complexity index is 794. The van der Waals surface area contributed by atoms with E-state index in [1.54, 1.807) is 0 Å². The Balaban J connectivity index is 1.14. The van der Waals surface area contributed by atoms with Crippen molar-refractivity contribution in [3.8, 4) is 5.75 Å². The van der Waals surface area contributed by atoms with Gasteiger partial charge in [-0.1, -0.05) is 42.5 Å². The zero-order valence-electron chi connectivity index (χ0n) is 16.2. The van der Waals surface area contributed by atoms with Gasteiger partial charge in [0.05, 0.1) is 19.8 Å². The van der Waals surface area contributed by atoms with E-state index in [0.29, 0.717) is 25.7 Å². The number of fused-ring (bicyclic) bond motifs is 1. The first-order valence-electron chi connectivity index (χ1n) is 10.2. The second-order valence-corrected chi connectivity index (χ2v) is 7.62. The molecule has 1 N–H and O–H groups in total. The van der Waals surface area contributed by atoms with Gasteiger partial charge in [-0.15, -0.1) is 0 Å². The smallest absolute Gasteiger partial charge is 0.317 e. The number of rotatable bonds is 7. The summed E-state index contributed by atoms with van der Waals surface area (Å²) in [6, 6.07) is 16.6. The number of amides is 2. The maximum atomic E-state index is 12.4. The highest BCUT2D eigenvalue weighted by Gasteiger charge is 2.26. The maximum absolute atomic E-state index is 12.4. The topological polar surface area (TPSA) is 50.8 Å². The third-order valence-corrected chi connectivity index (χ3v) is 5.48. The molecule has 5 nitrogen and oxygen atoms in total. The summed E-state index contributed by atoms with van der Waals surface area (Å²) in [6.45, 7) is 4.36. The van der Waals surface area contributed by atoms with Gasteiger partial charge in [0.15, 0.2) is 0 Å². The van der Waals surface area contributed by atoms with E-state index < -0.39 is 0 Å². The van der Waals surface area contributed by atoms with Gasteiger partial charge in [0.2, 0.25) is 0 Å². The summed E-state index contributed by atoms with van der Waals surface area (Å²) >= 11 is 0. The van der Waals surface area contributed by atoms with Crippen LogP contribution in [-0.4, -0.2) is 43.8 Å². The van der Waals surface area contributed by atoms with Gasteiger partial charge >= 0.3 is 6.03 Å². The first-order chi connectivity index (χ1) is 13.8. The number of nitrogens with one attached hydrogen (secondary N) is 1. The molecule has 2 aromatic carbocycles.